The molecule has 0 unspecified atom stereocenters. The summed E-state index contributed by atoms with van der Waals surface area (Å²) in [5.41, 5.74) is 2.10. The average Bonchev–Trinajstić information content (AvgIpc) is 3.01. The number of benzene rings is 1. The molecular weight excluding hydrogens is 362 g/mol. The lowest BCUT2D eigenvalue weighted by molar-refractivity contribution is 0.143. The number of nitrogens with one attached hydrogen (secondary N) is 1. The van der Waals surface area contributed by atoms with Crippen molar-refractivity contribution < 1.29 is 9.53 Å². The minimum Gasteiger partial charge on any atom is -0.442 e. The summed E-state index contributed by atoms with van der Waals surface area (Å²) in [4.78, 5) is 16.2. The summed E-state index contributed by atoms with van der Waals surface area (Å²) in [6.07, 6.45) is 1.45. The Balaban J connectivity index is 1.59. The van der Waals surface area contributed by atoms with Crippen LogP contribution in [0.15, 0.2) is 24.3 Å². The lowest BCUT2D eigenvalue weighted by Crippen LogP contribution is -2.33. The van der Waals surface area contributed by atoms with Gasteiger partial charge in [0.05, 0.1) is 13.1 Å². The number of thiocarbonyl (C=S) groups is 1. The van der Waals surface area contributed by atoms with E-state index in [1.807, 2.05) is 30.2 Å². The Kier molecular flexibility index (Phi) is 6.13. The first-order valence-electron chi connectivity index (χ1n) is 7.90. The summed E-state index contributed by atoms with van der Waals surface area (Å²) in [5.74, 6) is 2.35. The number of amides is 1. The van der Waals surface area contributed by atoms with Crippen molar-refractivity contribution in [3.8, 4) is 0 Å². The molecule has 8 heteroatoms. The van der Waals surface area contributed by atoms with Gasteiger partial charge in [-0.1, -0.05) is 12.2 Å². The van der Waals surface area contributed by atoms with Gasteiger partial charge >= 0.3 is 6.09 Å². The lowest BCUT2D eigenvalue weighted by atomic mass is 10.2. The predicted molar refractivity (Wildman–Crippen MR) is 108 cm³/mol. The number of nitrogens with zero attached hydrogens (tertiary/aromatic N) is 2. The summed E-state index contributed by atoms with van der Waals surface area (Å²) >= 11 is 8.59. The molecule has 2 aliphatic heterocycles. The SMILES string of the molecule is CSC(=S)NC[C@H]1CN(c2ccc(N3CCSCC3)cc2)C(=O)O1. The number of thioether (sulfide) groups is 2. The number of hydrogen-bond donors (Lipinski definition) is 1. The average molecular weight is 384 g/mol. The standard InChI is InChI=1S/C16H21N3O2S3/c1-23-15(22)17-10-14-11-19(16(20)21-14)13-4-2-12(3-5-13)18-6-8-24-9-7-18/h2-5,14H,6-11H2,1H3,(H,17,22)/t14-/m0/s1. The van der Waals surface area contributed by atoms with E-state index >= 15 is 0 Å². The van der Waals surface area contributed by atoms with Crippen molar-refractivity contribution in [2.45, 2.75) is 6.10 Å². The Morgan fingerprint density at radius 2 is 2.00 bits per heavy atom. The van der Waals surface area contributed by atoms with Crippen LogP contribution >= 0.6 is 35.7 Å². The Morgan fingerprint density at radius 3 is 2.67 bits per heavy atom. The topological polar surface area (TPSA) is 44.8 Å². The van der Waals surface area contributed by atoms with Crippen LogP contribution in [0.4, 0.5) is 16.2 Å². The molecule has 2 heterocycles. The largest absolute Gasteiger partial charge is 0.442 e. The molecule has 1 atom stereocenters. The fourth-order valence-corrected chi connectivity index (χ4v) is 3.99. The first-order chi connectivity index (χ1) is 11.7. The van der Waals surface area contributed by atoms with Crippen LogP contribution in [0.5, 0.6) is 0 Å². The van der Waals surface area contributed by atoms with Crippen molar-refractivity contribution in [1.82, 2.24) is 5.32 Å². The third-order valence-electron chi connectivity index (χ3n) is 4.07. The first kappa shape index (κ1) is 17.7. The maximum atomic E-state index is 12.1. The number of hydrogen-bond acceptors (Lipinski definition) is 6. The first-order valence-corrected chi connectivity index (χ1v) is 10.7. The van der Waals surface area contributed by atoms with E-state index in [1.165, 1.54) is 29.0 Å². The molecular formula is C16H21N3O2S3. The Bertz CT molecular complexity index is 591. The Labute approximate surface area is 156 Å². The fourth-order valence-electron chi connectivity index (χ4n) is 2.77. The molecule has 2 saturated heterocycles. The number of carbonyl (C=O) groups excluding carboxylic acids is 1. The van der Waals surface area contributed by atoms with Gasteiger partial charge in [-0.3, -0.25) is 4.90 Å². The molecule has 0 aromatic heterocycles. The number of ether oxygens (including phenoxy) is 1. The smallest absolute Gasteiger partial charge is 0.414 e. The van der Waals surface area contributed by atoms with Gasteiger partial charge in [-0.15, -0.1) is 11.8 Å². The van der Waals surface area contributed by atoms with Crippen molar-refractivity contribution >= 4 is 57.5 Å². The van der Waals surface area contributed by atoms with Crippen LogP contribution in [0.1, 0.15) is 0 Å². The van der Waals surface area contributed by atoms with Crippen molar-refractivity contribution in [2.75, 3.05) is 53.7 Å². The van der Waals surface area contributed by atoms with Gasteiger partial charge in [0.1, 0.15) is 10.4 Å². The molecule has 0 radical (unpaired) electrons. The molecule has 1 aromatic rings. The molecule has 2 aliphatic rings. The molecule has 0 saturated carbocycles. The number of cyclic esters (lactones) is 1. The second-order valence-corrected chi connectivity index (χ2v) is 8.31. The zero-order chi connectivity index (χ0) is 16.9. The molecule has 0 aliphatic carbocycles. The summed E-state index contributed by atoms with van der Waals surface area (Å²) in [6, 6.07) is 8.18. The van der Waals surface area contributed by atoms with E-state index in [-0.39, 0.29) is 12.2 Å². The molecule has 0 bridgehead atoms. The maximum absolute atomic E-state index is 12.1. The van der Waals surface area contributed by atoms with E-state index in [0.717, 1.165) is 18.8 Å². The normalized spacial score (nSPS) is 20.9. The molecule has 5 nitrogen and oxygen atoms in total. The monoisotopic (exact) mass is 383 g/mol. The third kappa shape index (κ3) is 4.29. The molecule has 2 fully saturated rings. The van der Waals surface area contributed by atoms with Crippen LogP contribution in [0.25, 0.3) is 0 Å². The molecule has 0 spiro atoms. The second-order valence-electron chi connectivity index (χ2n) is 5.60. The minimum absolute atomic E-state index is 0.179. The number of rotatable bonds is 4. The molecule has 1 aromatic carbocycles. The zero-order valence-electron chi connectivity index (χ0n) is 13.6. The van der Waals surface area contributed by atoms with E-state index in [0.29, 0.717) is 17.4 Å². The Hall–Kier alpha value is -1.12. The van der Waals surface area contributed by atoms with Gasteiger partial charge in [-0.25, -0.2) is 4.79 Å². The highest BCUT2D eigenvalue weighted by Crippen LogP contribution is 2.26. The molecule has 130 valence electrons. The number of carbonyl (C=O) groups is 1. The minimum atomic E-state index is -0.293. The Morgan fingerprint density at radius 1 is 1.33 bits per heavy atom. The second kappa shape index (κ2) is 8.31. The molecule has 24 heavy (non-hydrogen) atoms. The van der Waals surface area contributed by atoms with E-state index in [9.17, 15) is 4.79 Å². The molecule has 3 rings (SSSR count). The quantitative estimate of drug-likeness (QED) is 0.802. The van der Waals surface area contributed by atoms with Crippen LogP contribution in [-0.4, -0.2) is 60.5 Å². The number of anilines is 2. The van der Waals surface area contributed by atoms with E-state index in [4.69, 9.17) is 17.0 Å². The van der Waals surface area contributed by atoms with Gasteiger partial charge in [-0.2, -0.15) is 11.8 Å². The highest BCUT2D eigenvalue weighted by molar-refractivity contribution is 8.22. The van der Waals surface area contributed by atoms with Crippen LogP contribution in [0.2, 0.25) is 0 Å². The maximum Gasteiger partial charge on any atom is 0.414 e. The molecule has 1 amide bonds. The van der Waals surface area contributed by atoms with Crippen LogP contribution in [-0.2, 0) is 4.74 Å². The van der Waals surface area contributed by atoms with Crippen LogP contribution in [0, 0.1) is 0 Å². The third-order valence-corrected chi connectivity index (χ3v) is 6.17. The van der Waals surface area contributed by atoms with Gasteiger partial charge in [0, 0.05) is 36.0 Å². The highest BCUT2D eigenvalue weighted by Gasteiger charge is 2.32. The van der Waals surface area contributed by atoms with E-state index < -0.39 is 0 Å². The zero-order valence-corrected chi connectivity index (χ0v) is 16.0. The van der Waals surface area contributed by atoms with Gasteiger partial charge in [0.15, 0.2) is 0 Å². The van der Waals surface area contributed by atoms with Crippen LogP contribution in [0.3, 0.4) is 0 Å². The summed E-state index contributed by atoms with van der Waals surface area (Å²) in [5, 5.41) is 3.10. The summed E-state index contributed by atoms with van der Waals surface area (Å²) in [6.45, 7) is 3.26. The van der Waals surface area contributed by atoms with Gasteiger partial charge < -0.3 is 15.0 Å². The van der Waals surface area contributed by atoms with Crippen LogP contribution < -0.4 is 15.1 Å². The van der Waals surface area contributed by atoms with Crippen molar-refractivity contribution in [3.63, 3.8) is 0 Å². The van der Waals surface area contributed by atoms with E-state index in [2.05, 4.69) is 22.3 Å². The van der Waals surface area contributed by atoms with Crippen molar-refractivity contribution in [3.05, 3.63) is 24.3 Å². The van der Waals surface area contributed by atoms with Gasteiger partial charge in [0.2, 0.25) is 0 Å². The fraction of sp³-hybridized carbons (Fsp3) is 0.500. The van der Waals surface area contributed by atoms with E-state index in [1.54, 1.807) is 4.90 Å². The van der Waals surface area contributed by atoms with Crippen molar-refractivity contribution in [2.24, 2.45) is 0 Å². The van der Waals surface area contributed by atoms with Gasteiger partial charge in [0.25, 0.3) is 0 Å². The summed E-state index contributed by atoms with van der Waals surface area (Å²) < 4.78 is 6.13. The predicted octanol–water partition coefficient (Wildman–Crippen LogP) is 2.80. The molecule has 1 N–H and O–H groups in total. The van der Waals surface area contributed by atoms with Gasteiger partial charge in [-0.05, 0) is 30.5 Å². The summed E-state index contributed by atoms with van der Waals surface area (Å²) in [7, 11) is 0. The van der Waals surface area contributed by atoms with Crippen molar-refractivity contribution in [1.29, 1.82) is 0 Å². The lowest BCUT2D eigenvalue weighted by Gasteiger charge is -2.28. The highest BCUT2D eigenvalue weighted by atomic mass is 32.2.